The van der Waals surface area contributed by atoms with Crippen LogP contribution >= 0.6 is 0 Å². The first-order valence-corrected chi connectivity index (χ1v) is 9.00. The molecule has 0 atom stereocenters. The van der Waals surface area contributed by atoms with E-state index in [0.29, 0.717) is 5.95 Å². The van der Waals surface area contributed by atoms with Crippen LogP contribution in [-0.2, 0) is 0 Å². The van der Waals surface area contributed by atoms with Gasteiger partial charge in [-0.1, -0.05) is 6.07 Å². The van der Waals surface area contributed by atoms with Crippen molar-refractivity contribution in [2.75, 3.05) is 41.3 Å². The van der Waals surface area contributed by atoms with E-state index in [1.807, 2.05) is 12.1 Å². The molecule has 0 amide bonds. The maximum absolute atomic E-state index is 4.63. The Balaban J connectivity index is 1.43. The van der Waals surface area contributed by atoms with E-state index in [-0.39, 0.29) is 0 Å². The molecular formula is C19H22N8. The number of nitrogens with zero attached hydrogens (tertiary/aromatic N) is 7. The third-order valence-corrected chi connectivity index (χ3v) is 4.75. The second-order valence-corrected chi connectivity index (χ2v) is 6.59. The Hall–Kier alpha value is -3.29. The molecule has 1 N–H and O–H groups in total. The van der Waals surface area contributed by atoms with Gasteiger partial charge in [-0.2, -0.15) is 10.1 Å². The first-order valence-electron chi connectivity index (χ1n) is 9.00. The molecule has 1 aliphatic heterocycles. The maximum Gasteiger partial charge on any atom is 0.249 e. The summed E-state index contributed by atoms with van der Waals surface area (Å²) in [5, 5.41) is 11.5. The molecule has 0 bridgehead atoms. The molecule has 0 saturated carbocycles. The summed E-state index contributed by atoms with van der Waals surface area (Å²) in [5.74, 6) is 2.10. The highest BCUT2D eigenvalue weighted by Gasteiger charge is 2.20. The standard InChI is InChI=1S/C19H22N8/c1-14-4-5-16(12-15(14)2)23-18-24-17(13-22-25-18)26-8-10-27(11-9-26)19-20-6-3-7-21-19/h3-7,12-13H,8-11H2,1-2H3,(H,23,24,25). The van der Waals surface area contributed by atoms with Gasteiger partial charge < -0.3 is 15.1 Å². The van der Waals surface area contributed by atoms with E-state index in [2.05, 4.69) is 66.2 Å². The monoisotopic (exact) mass is 362 g/mol. The average Bonchev–Trinajstić information content (AvgIpc) is 2.72. The van der Waals surface area contributed by atoms with Crippen LogP contribution in [-0.4, -0.2) is 51.3 Å². The number of hydrogen-bond acceptors (Lipinski definition) is 8. The summed E-state index contributed by atoms with van der Waals surface area (Å²) in [5.41, 5.74) is 3.44. The molecule has 1 saturated heterocycles. The molecule has 138 valence electrons. The lowest BCUT2D eigenvalue weighted by Gasteiger charge is -2.35. The van der Waals surface area contributed by atoms with Gasteiger partial charge in [0.2, 0.25) is 11.9 Å². The van der Waals surface area contributed by atoms with Crippen molar-refractivity contribution in [3.8, 4) is 0 Å². The van der Waals surface area contributed by atoms with Gasteiger partial charge in [0.05, 0.1) is 6.20 Å². The fraction of sp³-hybridized carbons (Fsp3) is 0.316. The van der Waals surface area contributed by atoms with E-state index < -0.39 is 0 Å². The first kappa shape index (κ1) is 17.1. The van der Waals surface area contributed by atoms with Crippen LogP contribution in [0.2, 0.25) is 0 Å². The minimum Gasteiger partial charge on any atom is -0.352 e. The molecule has 3 heterocycles. The molecule has 0 aliphatic carbocycles. The first-order chi connectivity index (χ1) is 13.2. The topological polar surface area (TPSA) is 83.0 Å². The second-order valence-electron chi connectivity index (χ2n) is 6.59. The summed E-state index contributed by atoms with van der Waals surface area (Å²) in [6, 6.07) is 8.02. The summed E-state index contributed by atoms with van der Waals surface area (Å²) in [7, 11) is 0. The summed E-state index contributed by atoms with van der Waals surface area (Å²) in [6.45, 7) is 7.53. The summed E-state index contributed by atoms with van der Waals surface area (Å²) in [4.78, 5) is 17.7. The molecule has 0 unspecified atom stereocenters. The van der Waals surface area contributed by atoms with Crippen molar-refractivity contribution >= 4 is 23.4 Å². The Kier molecular flexibility index (Phi) is 4.78. The third kappa shape index (κ3) is 3.94. The highest BCUT2D eigenvalue weighted by atomic mass is 15.4. The molecule has 2 aromatic heterocycles. The fourth-order valence-corrected chi connectivity index (χ4v) is 3.04. The van der Waals surface area contributed by atoms with Gasteiger partial charge in [0.1, 0.15) is 0 Å². The Morgan fingerprint density at radius 2 is 1.67 bits per heavy atom. The zero-order chi connectivity index (χ0) is 18.6. The zero-order valence-corrected chi connectivity index (χ0v) is 15.5. The van der Waals surface area contributed by atoms with Gasteiger partial charge in [0.25, 0.3) is 0 Å². The van der Waals surface area contributed by atoms with Crippen LogP contribution in [0, 0.1) is 13.8 Å². The summed E-state index contributed by atoms with van der Waals surface area (Å²) in [6.07, 6.45) is 5.25. The van der Waals surface area contributed by atoms with Crippen LogP contribution in [0.1, 0.15) is 11.1 Å². The van der Waals surface area contributed by atoms with E-state index >= 15 is 0 Å². The van der Waals surface area contributed by atoms with Gasteiger partial charge >= 0.3 is 0 Å². The number of benzene rings is 1. The van der Waals surface area contributed by atoms with Crippen molar-refractivity contribution in [3.05, 3.63) is 54.0 Å². The molecule has 8 heteroatoms. The van der Waals surface area contributed by atoms with E-state index in [1.54, 1.807) is 18.6 Å². The quantitative estimate of drug-likeness (QED) is 0.757. The van der Waals surface area contributed by atoms with Gasteiger partial charge in [0.15, 0.2) is 5.82 Å². The van der Waals surface area contributed by atoms with Gasteiger partial charge in [-0.15, -0.1) is 5.10 Å². The predicted octanol–water partition coefficient (Wildman–Crippen LogP) is 2.35. The van der Waals surface area contributed by atoms with E-state index in [9.17, 15) is 0 Å². The van der Waals surface area contributed by atoms with Crippen LogP contribution in [0.25, 0.3) is 0 Å². The highest BCUT2D eigenvalue weighted by molar-refractivity contribution is 5.56. The van der Waals surface area contributed by atoms with Crippen molar-refractivity contribution in [2.45, 2.75) is 13.8 Å². The number of nitrogens with one attached hydrogen (secondary N) is 1. The number of piperazine rings is 1. The molecular weight excluding hydrogens is 340 g/mol. The van der Waals surface area contributed by atoms with Gasteiger partial charge in [-0.25, -0.2) is 9.97 Å². The Labute approximate surface area is 158 Å². The molecule has 0 radical (unpaired) electrons. The number of aryl methyl sites for hydroxylation is 2. The van der Waals surface area contributed by atoms with Gasteiger partial charge in [-0.3, -0.25) is 0 Å². The summed E-state index contributed by atoms with van der Waals surface area (Å²) >= 11 is 0. The Bertz CT molecular complexity index is 907. The number of hydrogen-bond donors (Lipinski definition) is 1. The van der Waals surface area contributed by atoms with Crippen LogP contribution in [0.15, 0.2) is 42.9 Å². The van der Waals surface area contributed by atoms with E-state index in [4.69, 9.17) is 0 Å². The van der Waals surface area contributed by atoms with Crippen molar-refractivity contribution in [1.29, 1.82) is 0 Å². The smallest absolute Gasteiger partial charge is 0.249 e. The summed E-state index contributed by atoms with van der Waals surface area (Å²) < 4.78 is 0. The van der Waals surface area contributed by atoms with Crippen LogP contribution < -0.4 is 15.1 Å². The molecule has 1 aliphatic rings. The zero-order valence-electron chi connectivity index (χ0n) is 15.5. The number of anilines is 4. The molecule has 1 aromatic carbocycles. The van der Waals surface area contributed by atoms with Crippen molar-refractivity contribution in [2.24, 2.45) is 0 Å². The fourth-order valence-electron chi connectivity index (χ4n) is 3.04. The average molecular weight is 362 g/mol. The molecule has 8 nitrogen and oxygen atoms in total. The van der Waals surface area contributed by atoms with Gasteiger partial charge in [0, 0.05) is 44.3 Å². The lowest BCUT2D eigenvalue weighted by atomic mass is 10.1. The minimum atomic E-state index is 0.504. The lowest BCUT2D eigenvalue weighted by Crippen LogP contribution is -2.47. The molecule has 4 rings (SSSR count). The van der Waals surface area contributed by atoms with Crippen molar-refractivity contribution in [3.63, 3.8) is 0 Å². The van der Waals surface area contributed by atoms with Crippen LogP contribution in [0.3, 0.4) is 0 Å². The Morgan fingerprint density at radius 1 is 0.926 bits per heavy atom. The SMILES string of the molecule is Cc1ccc(Nc2nncc(N3CCN(c4ncccn4)CC3)n2)cc1C. The molecule has 27 heavy (non-hydrogen) atoms. The maximum atomic E-state index is 4.63. The predicted molar refractivity (Wildman–Crippen MR) is 105 cm³/mol. The van der Waals surface area contributed by atoms with E-state index in [1.165, 1.54) is 11.1 Å². The van der Waals surface area contributed by atoms with Crippen LogP contribution in [0.4, 0.5) is 23.4 Å². The molecule has 1 fully saturated rings. The number of aromatic nitrogens is 5. The van der Waals surface area contributed by atoms with E-state index in [0.717, 1.165) is 43.6 Å². The Morgan fingerprint density at radius 3 is 2.41 bits per heavy atom. The molecule has 0 spiro atoms. The van der Waals surface area contributed by atoms with Crippen LogP contribution in [0.5, 0.6) is 0 Å². The second kappa shape index (κ2) is 7.53. The third-order valence-electron chi connectivity index (χ3n) is 4.75. The van der Waals surface area contributed by atoms with Crippen molar-refractivity contribution in [1.82, 2.24) is 25.1 Å². The largest absolute Gasteiger partial charge is 0.352 e. The highest BCUT2D eigenvalue weighted by Crippen LogP contribution is 2.20. The molecule has 3 aromatic rings. The van der Waals surface area contributed by atoms with Gasteiger partial charge in [-0.05, 0) is 43.2 Å². The minimum absolute atomic E-state index is 0.504. The van der Waals surface area contributed by atoms with Crippen molar-refractivity contribution < 1.29 is 0 Å². The normalized spacial score (nSPS) is 14.3. The number of rotatable bonds is 4. The lowest BCUT2D eigenvalue weighted by molar-refractivity contribution is 0.632.